The summed E-state index contributed by atoms with van der Waals surface area (Å²) in [5.41, 5.74) is 1.70. The molecule has 7 nitrogen and oxygen atoms in total. The summed E-state index contributed by atoms with van der Waals surface area (Å²) in [6, 6.07) is 15.5. The van der Waals surface area contributed by atoms with Gasteiger partial charge in [0, 0.05) is 30.4 Å². The van der Waals surface area contributed by atoms with Gasteiger partial charge in [-0.2, -0.15) is 0 Å². The Morgan fingerprint density at radius 3 is 2.19 bits per heavy atom. The molecule has 2 aromatic carbocycles. The van der Waals surface area contributed by atoms with E-state index in [9.17, 15) is 18.0 Å². The summed E-state index contributed by atoms with van der Waals surface area (Å²) in [5.74, 6) is -0.556. The molecule has 2 rings (SSSR count). The van der Waals surface area contributed by atoms with Crippen molar-refractivity contribution in [2.24, 2.45) is 0 Å². The van der Waals surface area contributed by atoms with Crippen molar-refractivity contribution in [1.82, 2.24) is 10.6 Å². The highest BCUT2D eigenvalue weighted by atomic mass is 32.2. The van der Waals surface area contributed by atoms with Gasteiger partial charge in [0.25, 0.3) is 5.91 Å². The zero-order valence-electron chi connectivity index (χ0n) is 14.8. The lowest BCUT2D eigenvalue weighted by Gasteiger charge is -2.07. The summed E-state index contributed by atoms with van der Waals surface area (Å²) in [6.07, 6.45) is 4.20. The Kier molecular flexibility index (Phi) is 7.13. The number of hydrogen-bond donors (Lipinski definition) is 3. The average Bonchev–Trinajstić information content (AvgIpc) is 2.63. The van der Waals surface area contributed by atoms with E-state index in [0.717, 1.165) is 11.8 Å². The van der Waals surface area contributed by atoms with Crippen molar-refractivity contribution in [2.75, 3.05) is 24.1 Å². The summed E-state index contributed by atoms with van der Waals surface area (Å²) in [6.45, 7) is 0.560. The van der Waals surface area contributed by atoms with E-state index in [1.54, 1.807) is 6.08 Å². The van der Waals surface area contributed by atoms with Crippen LogP contribution in [0.4, 0.5) is 5.69 Å². The van der Waals surface area contributed by atoms with Crippen LogP contribution in [0.15, 0.2) is 60.7 Å². The predicted molar refractivity (Wildman–Crippen MR) is 106 cm³/mol. The molecule has 142 valence electrons. The van der Waals surface area contributed by atoms with Crippen LogP contribution in [0, 0.1) is 0 Å². The minimum absolute atomic E-state index is 0.246. The molecule has 3 N–H and O–H groups in total. The molecule has 0 heterocycles. The second-order valence-electron chi connectivity index (χ2n) is 5.74. The number of anilines is 1. The van der Waals surface area contributed by atoms with Crippen molar-refractivity contribution in [3.8, 4) is 0 Å². The summed E-state index contributed by atoms with van der Waals surface area (Å²) >= 11 is 0. The number of benzene rings is 2. The predicted octanol–water partition coefficient (Wildman–Crippen LogP) is 1.62. The van der Waals surface area contributed by atoms with E-state index in [1.807, 2.05) is 30.3 Å². The van der Waals surface area contributed by atoms with Gasteiger partial charge in [-0.1, -0.05) is 30.3 Å². The summed E-state index contributed by atoms with van der Waals surface area (Å²) in [5, 5.41) is 5.36. The zero-order valence-corrected chi connectivity index (χ0v) is 15.6. The molecule has 0 saturated carbocycles. The first-order chi connectivity index (χ1) is 12.8. The van der Waals surface area contributed by atoms with Gasteiger partial charge >= 0.3 is 0 Å². The molecule has 0 aliphatic heterocycles. The van der Waals surface area contributed by atoms with Crippen LogP contribution in [0.5, 0.6) is 0 Å². The van der Waals surface area contributed by atoms with Crippen molar-refractivity contribution in [1.29, 1.82) is 0 Å². The fourth-order valence-corrected chi connectivity index (χ4v) is 2.73. The standard InChI is InChI=1S/C19H21N3O4S/c1-27(25,26)22-17-10-8-16(9-11-17)19(24)21-14-13-20-18(23)12-7-15-5-3-2-4-6-15/h2-12,22H,13-14H2,1H3,(H,20,23)(H,21,24)/b12-7+. The zero-order chi connectivity index (χ0) is 19.7. The van der Waals surface area contributed by atoms with E-state index in [4.69, 9.17) is 0 Å². The van der Waals surface area contributed by atoms with Crippen LogP contribution in [0.3, 0.4) is 0 Å². The first-order valence-corrected chi connectivity index (χ1v) is 10.1. The van der Waals surface area contributed by atoms with Gasteiger partial charge in [-0.3, -0.25) is 14.3 Å². The topological polar surface area (TPSA) is 104 Å². The second-order valence-corrected chi connectivity index (χ2v) is 7.49. The molecule has 0 bridgehead atoms. The lowest BCUT2D eigenvalue weighted by molar-refractivity contribution is -0.116. The molecule has 0 fully saturated rings. The molecule has 0 aliphatic rings. The molecule has 0 saturated heterocycles. The number of nitrogens with one attached hydrogen (secondary N) is 3. The highest BCUT2D eigenvalue weighted by Crippen LogP contribution is 2.10. The molecular formula is C19H21N3O4S. The molecule has 0 aliphatic carbocycles. The molecule has 2 amide bonds. The molecule has 8 heteroatoms. The molecule has 0 unspecified atom stereocenters. The Labute approximate surface area is 158 Å². The van der Waals surface area contributed by atoms with Gasteiger partial charge in [0.15, 0.2) is 0 Å². The number of amides is 2. The number of carbonyl (C=O) groups is 2. The lowest BCUT2D eigenvalue weighted by atomic mass is 10.2. The number of rotatable bonds is 8. The Bertz CT molecular complexity index is 908. The average molecular weight is 387 g/mol. The second kappa shape index (κ2) is 9.54. The van der Waals surface area contributed by atoms with Crippen LogP contribution < -0.4 is 15.4 Å². The Morgan fingerprint density at radius 1 is 0.926 bits per heavy atom. The maximum Gasteiger partial charge on any atom is 0.251 e. The van der Waals surface area contributed by atoms with Gasteiger partial charge < -0.3 is 10.6 Å². The minimum atomic E-state index is -3.35. The van der Waals surface area contributed by atoms with Crippen molar-refractivity contribution >= 4 is 33.6 Å². The lowest BCUT2D eigenvalue weighted by Crippen LogP contribution is -2.33. The maximum atomic E-state index is 12.0. The fraction of sp³-hybridized carbons (Fsp3) is 0.158. The van der Waals surface area contributed by atoms with Crippen LogP contribution >= 0.6 is 0 Å². The molecule has 0 aromatic heterocycles. The third kappa shape index (κ3) is 7.74. The highest BCUT2D eigenvalue weighted by molar-refractivity contribution is 7.92. The number of hydrogen-bond acceptors (Lipinski definition) is 4. The molecule has 2 aromatic rings. The highest BCUT2D eigenvalue weighted by Gasteiger charge is 2.06. The molecule has 0 spiro atoms. The van der Waals surface area contributed by atoms with Crippen LogP contribution in [0.25, 0.3) is 6.08 Å². The van der Waals surface area contributed by atoms with Crippen LogP contribution in [-0.4, -0.2) is 39.6 Å². The van der Waals surface area contributed by atoms with E-state index in [-0.39, 0.29) is 24.9 Å². The quantitative estimate of drug-likeness (QED) is 0.473. The van der Waals surface area contributed by atoms with Gasteiger partial charge in [-0.15, -0.1) is 0 Å². The molecule has 0 radical (unpaired) electrons. The van der Waals surface area contributed by atoms with Gasteiger partial charge in [-0.05, 0) is 35.9 Å². The van der Waals surface area contributed by atoms with E-state index < -0.39 is 10.0 Å². The van der Waals surface area contributed by atoms with Crippen LogP contribution in [-0.2, 0) is 14.8 Å². The first kappa shape index (κ1) is 20.2. The Balaban J connectivity index is 1.72. The van der Waals surface area contributed by atoms with Crippen molar-refractivity contribution in [3.63, 3.8) is 0 Å². The smallest absolute Gasteiger partial charge is 0.251 e. The van der Waals surface area contributed by atoms with Crippen molar-refractivity contribution in [2.45, 2.75) is 0 Å². The van der Waals surface area contributed by atoms with Crippen LogP contribution in [0.1, 0.15) is 15.9 Å². The minimum Gasteiger partial charge on any atom is -0.351 e. The van der Waals surface area contributed by atoms with Gasteiger partial charge in [0.2, 0.25) is 15.9 Å². The fourth-order valence-electron chi connectivity index (χ4n) is 2.16. The SMILES string of the molecule is CS(=O)(=O)Nc1ccc(C(=O)NCCNC(=O)/C=C/c2ccccc2)cc1. The van der Waals surface area contributed by atoms with Crippen molar-refractivity contribution in [3.05, 3.63) is 71.8 Å². The van der Waals surface area contributed by atoms with Crippen molar-refractivity contribution < 1.29 is 18.0 Å². The molecule has 0 atom stereocenters. The summed E-state index contributed by atoms with van der Waals surface area (Å²) in [4.78, 5) is 23.7. The normalized spacial score (nSPS) is 11.1. The number of sulfonamides is 1. The third-order valence-electron chi connectivity index (χ3n) is 3.39. The Morgan fingerprint density at radius 2 is 1.56 bits per heavy atom. The monoisotopic (exact) mass is 387 g/mol. The molecular weight excluding hydrogens is 366 g/mol. The van der Waals surface area contributed by atoms with E-state index in [1.165, 1.54) is 30.3 Å². The van der Waals surface area contributed by atoms with Gasteiger partial charge in [-0.25, -0.2) is 8.42 Å². The van der Waals surface area contributed by atoms with Gasteiger partial charge in [0.05, 0.1) is 6.26 Å². The van der Waals surface area contributed by atoms with Crippen LogP contribution in [0.2, 0.25) is 0 Å². The van der Waals surface area contributed by atoms with E-state index in [0.29, 0.717) is 11.3 Å². The third-order valence-corrected chi connectivity index (χ3v) is 3.99. The Hall–Kier alpha value is -3.13. The van der Waals surface area contributed by atoms with E-state index >= 15 is 0 Å². The van der Waals surface area contributed by atoms with Gasteiger partial charge in [0.1, 0.15) is 0 Å². The maximum absolute atomic E-state index is 12.0. The number of carbonyl (C=O) groups excluding carboxylic acids is 2. The largest absolute Gasteiger partial charge is 0.351 e. The summed E-state index contributed by atoms with van der Waals surface area (Å²) < 4.78 is 24.6. The van der Waals surface area contributed by atoms with E-state index in [2.05, 4.69) is 15.4 Å². The summed E-state index contributed by atoms with van der Waals surface area (Å²) in [7, 11) is -3.35. The molecule has 27 heavy (non-hydrogen) atoms. The first-order valence-electron chi connectivity index (χ1n) is 8.20.